The van der Waals surface area contributed by atoms with Gasteiger partial charge in [0.15, 0.2) is 0 Å². The number of fused-ring (bicyclic) bond motifs is 1. The van der Waals surface area contributed by atoms with Crippen molar-refractivity contribution in [1.29, 1.82) is 0 Å². The number of nitrogens with one attached hydrogen (secondary N) is 2. The van der Waals surface area contributed by atoms with E-state index in [1.54, 1.807) is 43.3 Å². The minimum Gasteiger partial charge on any atom is -0.462 e. The number of para-hydroxylation sites is 1. The van der Waals surface area contributed by atoms with Crippen molar-refractivity contribution in [3.63, 3.8) is 0 Å². The van der Waals surface area contributed by atoms with E-state index in [2.05, 4.69) is 15.6 Å². The molecule has 1 aromatic heterocycles. The van der Waals surface area contributed by atoms with Crippen LogP contribution in [-0.4, -0.2) is 28.2 Å². The molecule has 156 valence electrons. The molecule has 0 fully saturated rings. The maximum Gasteiger partial charge on any atom is 0.349 e. The van der Waals surface area contributed by atoms with E-state index in [0.717, 1.165) is 0 Å². The molecule has 0 aliphatic rings. The number of hydrogen-bond acceptors (Lipinski definition) is 5. The Balaban J connectivity index is 1.85. The van der Waals surface area contributed by atoms with Crippen molar-refractivity contribution in [1.82, 2.24) is 9.55 Å². The predicted octanol–water partition coefficient (Wildman–Crippen LogP) is 3.87. The van der Waals surface area contributed by atoms with E-state index in [1.807, 2.05) is 26.0 Å². The number of aromatic nitrogens is 2. The van der Waals surface area contributed by atoms with Crippen molar-refractivity contribution in [3.05, 3.63) is 64.6 Å². The minimum absolute atomic E-state index is 0.185. The fourth-order valence-corrected chi connectivity index (χ4v) is 3.02. The lowest BCUT2D eigenvalue weighted by molar-refractivity contribution is 0.0526. The van der Waals surface area contributed by atoms with Gasteiger partial charge in [0.1, 0.15) is 5.82 Å². The Bertz CT molecular complexity index is 1120. The molecule has 0 spiro atoms. The van der Waals surface area contributed by atoms with Crippen LogP contribution in [0.3, 0.4) is 0 Å². The van der Waals surface area contributed by atoms with E-state index in [9.17, 15) is 14.4 Å². The topological polar surface area (TPSA) is 102 Å². The van der Waals surface area contributed by atoms with Gasteiger partial charge in [-0.25, -0.2) is 14.4 Å². The number of ether oxygens (including phenoxy) is 1. The number of carbonyl (C=O) groups is 2. The van der Waals surface area contributed by atoms with Gasteiger partial charge in [0.25, 0.3) is 0 Å². The van der Waals surface area contributed by atoms with Crippen LogP contribution in [0.25, 0.3) is 10.9 Å². The highest BCUT2D eigenvalue weighted by Crippen LogP contribution is 2.21. The number of esters is 1. The Hall–Kier alpha value is -3.68. The molecule has 2 aromatic carbocycles. The molecule has 3 rings (SSSR count). The number of amides is 2. The van der Waals surface area contributed by atoms with Crippen LogP contribution in [-0.2, 0) is 11.3 Å². The second-order valence-electron chi connectivity index (χ2n) is 7.14. The van der Waals surface area contributed by atoms with E-state index in [0.29, 0.717) is 41.1 Å². The number of nitrogens with zero attached hydrogens (tertiary/aromatic N) is 2. The number of rotatable bonds is 6. The molecule has 0 aliphatic heterocycles. The number of hydrogen-bond donors (Lipinski definition) is 2. The molecule has 0 unspecified atom stereocenters. The molecule has 0 radical (unpaired) electrons. The molecule has 2 amide bonds. The van der Waals surface area contributed by atoms with Gasteiger partial charge in [-0.3, -0.25) is 9.88 Å². The number of urea groups is 1. The summed E-state index contributed by atoms with van der Waals surface area (Å²) in [4.78, 5) is 41.0. The van der Waals surface area contributed by atoms with Crippen LogP contribution in [0.15, 0.2) is 53.3 Å². The van der Waals surface area contributed by atoms with Crippen LogP contribution < -0.4 is 16.3 Å². The van der Waals surface area contributed by atoms with Gasteiger partial charge in [-0.2, -0.15) is 4.98 Å². The summed E-state index contributed by atoms with van der Waals surface area (Å²) < 4.78 is 6.42. The van der Waals surface area contributed by atoms with E-state index in [4.69, 9.17) is 4.74 Å². The molecule has 2 N–H and O–H groups in total. The zero-order chi connectivity index (χ0) is 21.7. The molecule has 3 aromatic rings. The maximum atomic E-state index is 12.6. The second kappa shape index (κ2) is 9.21. The molecule has 0 aliphatic carbocycles. The standard InChI is InChI=1S/C22H24N4O4/c1-4-30-20(27)15-9-11-16(12-10-15)23-21(28)25-19-17-7-5-6-8-18(17)24-22(29)26(19)13-14(2)3/h5-12,14H,4,13H2,1-3H3,(H2,23,25,28). The van der Waals surface area contributed by atoms with Crippen molar-refractivity contribution < 1.29 is 14.3 Å². The second-order valence-corrected chi connectivity index (χ2v) is 7.14. The minimum atomic E-state index is -0.507. The summed E-state index contributed by atoms with van der Waals surface area (Å²) in [6.07, 6.45) is 0. The smallest absolute Gasteiger partial charge is 0.349 e. The summed E-state index contributed by atoms with van der Waals surface area (Å²) in [5, 5.41) is 6.17. The van der Waals surface area contributed by atoms with Gasteiger partial charge in [0, 0.05) is 17.6 Å². The van der Waals surface area contributed by atoms with Crippen molar-refractivity contribution in [3.8, 4) is 0 Å². The van der Waals surface area contributed by atoms with Crippen LogP contribution in [0, 0.1) is 5.92 Å². The molecular formula is C22H24N4O4. The molecule has 0 atom stereocenters. The quantitative estimate of drug-likeness (QED) is 0.603. The molecule has 8 nitrogen and oxygen atoms in total. The Kier molecular flexibility index (Phi) is 6.46. The normalized spacial score (nSPS) is 10.8. The summed E-state index contributed by atoms with van der Waals surface area (Å²) >= 11 is 0. The fraction of sp³-hybridized carbons (Fsp3) is 0.273. The van der Waals surface area contributed by atoms with Gasteiger partial charge in [-0.15, -0.1) is 0 Å². The predicted molar refractivity (Wildman–Crippen MR) is 116 cm³/mol. The highest BCUT2D eigenvalue weighted by atomic mass is 16.5. The maximum absolute atomic E-state index is 12.6. The molecule has 0 bridgehead atoms. The summed E-state index contributed by atoms with van der Waals surface area (Å²) in [6, 6.07) is 13.0. The van der Waals surface area contributed by atoms with Crippen LogP contribution >= 0.6 is 0 Å². The zero-order valence-corrected chi connectivity index (χ0v) is 17.1. The number of benzene rings is 2. The van der Waals surface area contributed by atoms with Crippen molar-refractivity contribution in [2.24, 2.45) is 5.92 Å². The van der Waals surface area contributed by atoms with Gasteiger partial charge in [0.05, 0.1) is 17.7 Å². The summed E-state index contributed by atoms with van der Waals surface area (Å²) in [5.74, 6) is 0.152. The van der Waals surface area contributed by atoms with Crippen molar-refractivity contribution >= 4 is 34.4 Å². The van der Waals surface area contributed by atoms with Crippen LogP contribution in [0.2, 0.25) is 0 Å². The van der Waals surface area contributed by atoms with E-state index in [-0.39, 0.29) is 5.92 Å². The van der Waals surface area contributed by atoms with Crippen molar-refractivity contribution in [2.75, 3.05) is 17.2 Å². The highest BCUT2D eigenvalue weighted by molar-refractivity contribution is 6.04. The van der Waals surface area contributed by atoms with Crippen LogP contribution in [0.4, 0.5) is 16.3 Å². The van der Waals surface area contributed by atoms with Crippen LogP contribution in [0.5, 0.6) is 0 Å². The molecular weight excluding hydrogens is 384 g/mol. The average Bonchev–Trinajstić information content (AvgIpc) is 2.71. The number of anilines is 2. The lowest BCUT2D eigenvalue weighted by atomic mass is 10.2. The van der Waals surface area contributed by atoms with Gasteiger partial charge < -0.3 is 10.1 Å². The summed E-state index contributed by atoms with van der Waals surface area (Å²) in [5.41, 5.74) is 0.985. The SMILES string of the molecule is CCOC(=O)c1ccc(NC(=O)Nc2c3ccccc3nc(=O)n2CC(C)C)cc1. The first-order valence-electron chi connectivity index (χ1n) is 9.73. The number of carbonyl (C=O) groups excluding carboxylic acids is 2. The monoisotopic (exact) mass is 408 g/mol. The first-order valence-corrected chi connectivity index (χ1v) is 9.73. The highest BCUT2D eigenvalue weighted by Gasteiger charge is 2.15. The van der Waals surface area contributed by atoms with Gasteiger partial charge in [-0.1, -0.05) is 26.0 Å². The molecule has 30 heavy (non-hydrogen) atoms. The fourth-order valence-electron chi connectivity index (χ4n) is 3.02. The Morgan fingerprint density at radius 3 is 2.43 bits per heavy atom. The van der Waals surface area contributed by atoms with E-state index >= 15 is 0 Å². The van der Waals surface area contributed by atoms with Gasteiger partial charge >= 0.3 is 17.7 Å². The lowest BCUT2D eigenvalue weighted by Crippen LogP contribution is -2.31. The third-order valence-corrected chi connectivity index (χ3v) is 4.31. The zero-order valence-electron chi connectivity index (χ0n) is 17.1. The lowest BCUT2D eigenvalue weighted by Gasteiger charge is -2.17. The average molecular weight is 408 g/mol. The molecule has 0 saturated carbocycles. The third-order valence-electron chi connectivity index (χ3n) is 4.31. The van der Waals surface area contributed by atoms with Crippen LogP contribution in [0.1, 0.15) is 31.1 Å². The summed E-state index contributed by atoms with van der Waals surface area (Å²) in [6.45, 7) is 6.41. The molecule has 8 heteroatoms. The first-order chi connectivity index (χ1) is 14.4. The Morgan fingerprint density at radius 2 is 1.77 bits per heavy atom. The van der Waals surface area contributed by atoms with E-state index in [1.165, 1.54) is 4.57 Å². The van der Waals surface area contributed by atoms with Gasteiger partial charge in [-0.05, 0) is 49.2 Å². The molecule has 0 saturated heterocycles. The Labute approximate surface area is 173 Å². The van der Waals surface area contributed by atoms with E-state index < -0.39 is 17.7 Å². The first kappa shape index (κ1) is 21.0. The third kappa shape index (κ3) is 4.83. The van der Waals surface area contributed by atoms with Gasteiger partial charge in [0.2, 0.25) is 0 Å². The summed E-state index contributed by atoms with van der Waals surface area (Å²) in [7, 11) is 0. The molecule has 1 heterocycles. The largest absolute Gasteiger partial charge is 0.462 e. The Morgan fingerprint density at radius 1 is 1.07 bits per heavy atom. The van der Waals surface area contributed by atoms with Crippen molar-refractivity contribution in [2.45, 2.75) is 27.3 Å².